The number of aryl methyl sites for hydroxylation is 1. The number of hydrogen-bond acceptors (Lipinski definition) is 4. The molecule has 158 valence electrons. The molecule has 2 rings (SSSR count). The van der Waals surface area contributed by atoms with Gasteiger partial charge in [0.25, 0.3) is 5.91 Å². The maximum absolute atomic E-state index is 12.7. The Morgan fingerprint density at radius 2 is 1.79 bits per heavy atom. The number of rotatable bonds is 10. The minimum absolute atomic E-state index is 0. The number of carbonyl (C=O) groups is 2. The van der Waals surface area contributed by atoms with Crippen LogP contribution in [0.4, 0.5) is 5.69 Å². The Bertz CT molecular complexity index is 784. The zero-order valence-corrected chi connectivity index (χ0v) is 18.6. The van der Waals surface area contributed by atoms with Crippen LogP contribution in [0.5, 0.6) is 0 Å². The van der Waals surface area contributed by atoms with Crippen molar-refractivity contribution >= 4 is 41.7 Å². The number of unbranched alkanes of at least 4 members (excludes halogenated alkanes) is 1. The maximum atomic E-state index is 12.7. The van der Waals surface area contributed by atoms with Gasteiger partial charge in [0.05, 0.1) is 11.3 Å². The summed E-state index contributed by atoms with van der Waals surface area (Å²) in [6, 6.07) is 15.0. The Labute approximate surface area is 183 Å². The average molecular weight is 436 g/mol. The normalized spacial score (nSPS) is 11.3. The molecule has 2 aromatic rings. The fourth-order valence-corrected chi connectivity index (χ4v) is 3.57. The zero-order valence-electron chi connectivity index (χ0n) is 16.9. The fraction of sp³-hybridized carbons (Fsp3) is 0.364. The van der Waals surface area contributed by atoms with E-state index in [1.165, 1.54) is 11.8 Å². The highest BCUT2D eigenvalue weighted by Crippen LogP contribution is 2.23. The van der Waals surface area contributed by atoms with Gasteiger partial charge in [-0.15, -0.1) is 24.2 Å². The van der Waals surface area contributed by atoms with Crippen LogP contribution in [0.1, 0.15) is 42.1 Å². The van der Waals surface area contributed by atoms with E-state index >= 15 is 0 Å². The molecule has 1 atom stereocenters. The topological polar surface area (TPSA) is 84.2 Å². The third-order valence-corrected chi connectivity index (χ3v) is 5.43. The molecule has 0 aliphatic rings. The van der Waals surface area contributed by atoms with Crippen molar-refractivity contribution in [2.24, 2.45) is 5.73 Å². The molecule has 0 radical (unpaired) electrons. The molecule has 5 nitrogen and oxygen atoms in total. The number of hydrogen-bond donors (Lipinski definition) is 3. The number of nitrogens with two attached hydrogens (primary N) is 1. The van der Waals surface area contributed by atoms with Gasteiger partial charge < -0.3 is 16.4 Å². The number of halogens is 1. The summed E-state index contributed by atoms with van der Waals surface area (Å²) in [5.74, 6) is -0.0191. The van der Waals surface area contributed by atoms with Gasteiger partial charge >= 0.3 is 0 Å². The van der Waals surface area contributed by atoms with Gasteiger partial charge in [-0.1, -0.05) is 49.6 Å². The summed E-state index contributed by atoms with van der Waals surface area (Å²) in [7, 11) is 0. The third-order valence-electron chi connectivity index (χ3n) is 4.35. The van der Waals surface area contributed by atoms with E-state index in [4.69, 9.17) is 5.73 Å². The van der Waals surface area contributed by atoms with E-state index in [0.717, 1.165) is 35.4 Å². The van der Waals surface area contributed by atoms with Gasteiger partial charge in [-0.2, -0.15) is 0 Å². The van der Waals surface area contributed by atoms with Gasteiger partial charge in [0.1, 0.15) is 0 Å². The lowest BCUT2D eigenvalue weighted by Crippen LogP contribution is -2.40. The lowest BCUT2D eigenvalue weighted by Gasteiger charge is -2.17. The number of amides is 2. The van der Waals surface area contributed by atoms with Crippen LogP contribution in [0.25, 0.3) is 0 Å². The number of anilines is 1. The van der Waals surface area contributed by atoms with Gasteiger partial charge in [0, 0.05) is 23.2 Å². The molecule has 1 unspecified atom stereocenters. The van der Waals surface area contributed by atoms with E-state index in [0.29, 0.717) is 12.1 Å². The van der Waals surface area contributed by atoms with Crippen LogP contribution < -0.4 is 16.4 Å². The Morgan fingerprint density at radius 1 is 1.10 bits per heavy atom. The summed E-state index contributed by atoms with van der Waals surface area (Å²) in [4.78, 5) is 25.7. The molecule has 2 amide bonds. The molecule has 0 saturated carbocycles. The second-order valence-electron chi connectivity index (χ2n) is 6.75. The summed E-state index contributed by atoms with van der Waals surface area (Å²) in [6.45, 7) is 4.53. The molecule has 0 fully saturated rings. The molecule has 0 saturated heterocycles. The Balaban J connectivity index is 0.00000420. The minimum Gasteiger partial charge on any atom is -0.348 e. The largest absolute Gasteiger partial charge is 0.348 e. The van der Waals surface area contributed by atoms with Crippen molar-refractivity contribution in [2.45, 2.75) is 44.0 Å². The second-order valence-corrected chi connectivity index (χ2v) is 7.76. The summed E-state index contributed by atoms with van der Waals surface area (Å²) in [5.41, 5.74) is 8.27. The van der Waals surface area contributed by atoms with Crippen LogP contribution in [0.3, 0.4) is 0 Å². The van der Waals surface area contributed by atoms with Crippen LogP contribution in [0, 0.1) is 6.92 Å². The van der Waals surface area contributed by atoms with Crippen LogP contribution in [-0.4, -0.2) is 30.2 Å². The molecular formula is C22H30ClN3O2S. The summed E-state index contributed by atoms with van der Waals surface area (Å²) >= 11 is 1.35. The molecule has 0 bridgehead atoms. The van der Waals surface area contributed by atoms with E-state index in [1.807, 2.05) is 49.4 Å². The van der Waals surface area contributed by atoms with Crippen molar-refractivity contribution in [2.75, 3.05) is 17.6 Å². The first-order chi connectivity index (χ1) is 13.5. The lowest BCUT2D eigenvalue weighted by atomic mass is 10.1. The van der Waals surface area contributed by atoms with E-state index in [9.17, 15) is 9.59 Å². The van der Waals surface area contributed by atoms with Crippen molar-refractivity contribution in [1.29, 1.82) is 0 Å². The van der Waals surface area contributed by atoms with Crippen molar-refractivity contribution < 1.29 is 9.59 Å². The number of thioether (sulfide) groups is 1. The molecule has 0 aliphatic heterocycles. The first-order valence-electron chi connectivity index (χ1n) is 9.62. The first kappa shape index (κ1) is 25.0. The molecule has 0 heterocycles. The summed E-state index contributed by atoms with van der Waals surface area (Å²) < 4.78 is 0. The van der Waals surface area contributed by atoms with E-state index in [1.54, 1.807) is 6.07 Å². The van der Waals surface area contributed by atoms with E-state index in [2.05, 4.69) is 17.6 Å². The Morgan fingerprint density at radius 3 is 2.45 bits per heavy atom. The SMILES string of the molecule is CCCCC(CN)NC(=O)c1ccccc1SCC(=O)Nc1ccc(C)cc1.Cl. The molecule has 7 heteroatoms. The van der Waals surface area contributed by atoms with Crippen LogP contribution in [0.15, 0.2) is 53.4 Å². The van der Waals surface area contributed by atoms with Gasteiger partial charge in [-0.05, 0) is 37.6 Å². The van der Waals surface area contributed by atoms with Gasteiger partial charge in [0.15, 0.2) is 0 Å². The Kier molecular flexibility index (Phi) is 11.4. The quantitative estimate of drug-likeness (QED) is 0.483. The highest BCUT2D eigenvalue weighted by atomic mass is 35.5. The average Bonchev–Trinajstić information content (AvgIpc) is 2.71. The van der Waals surface area contributed by atoms with Crippen LogP contribution in [0.2, 0.25) is 0 Å². The number of nitrogens with one attached hydrogen (secondary N) is 2. The molecule has 2 aromatic carbocycles. The van der Waals surface area contributed by atoms with Crippen molar-refractivity contribution in [1.82, 2.24) is 5.32 Å². The standard InChI is InChI=1S/C22H29N3O2S.ClH/c1-3-4-7-18(14-23)25-22(27)19-8-5-6-9-20(19)28-15-21(26)24-17-12-10-16(2)11-13-17;/h5-6,8-13,18H,3-4,7,14-15,23H2,1-2H3,(H,24,26)(H,25,27);1H. The molecule has 0 aromatic heterocycles. The summed E-state index contributed by atoms with van der Waals surface area (Å²) in [5, 5.41) is 5.89. The predicted molar refractivity (Wildman–Crippen MR) is 124 cm³/mol. The van der Waals surface area contributed by atoms with Gasteiger partial charge in [-0.25, -0.2) is 0 Å². The van der Waals surface area contributed by atoms with E-state index in [-0.39, 0.29) is 36.0 Å². The van der Waals surface area contributed by atoms with Crippen molar-refractivity contribution in [3.05, 3.63) is 59.7 Å². The highest BCUT2D eigenvalue weighted by Gasteiger charge is 2.16. The minimum atomic E-state index is -0.145. The van der Waals surface area contributed by atoms with Crippen LogP contribution >= 0.6 is 24.2 Å². The molecule has 29 heavy (non-hydrogen) atoms. The third kappa shape index (κ3) is 8.48. The summed E-state index contributed by atoms with van der Waals surface area (Å²) in [6.07, 6.45) is 2.96. The van der Waals surface area contributed by atoms with Gasteiger partial charge in [-0.3, -0.25) is 9.59 Å². The van der Waals surface area contributed by atoms with Crippen molar-refractivity contribution in [3.8, 4) is 0 Å². The first-order valence-corrected chi connectivity index (χ1v) is 10.6. The fourth-order valence-electron chi connectivity index (χ4n) is 2.72. The van der Waals surface area contributed by atoms with Crippen LogP contribution in [-0.2, 0) is 4.79 Å². The lowest BCUT2D eigenvalue weighted by molar-refractivity contribution is -0.113. The maximum Gasteiger partial charge on any atom is 0.252 e. The number of carbonyl (C=O) groups excluding carboxylic acids is 2. The smallest absolute Gasteiger partial charge is 0.252 e. The highest BCUT2D eigenvalue weighted by molar-refractivity contribution is 8.00. The zero-order chi connectivity index (χ0) is 20.4. The molecule has 0 spiro atoms. The molecular weight excluding hydrogens is 406 g/mol. The predicted octanol–water partition coefficient (Wildman–Crippen LogP) is 4.39. The van der Waals surface area contributed by atoms with Crippen molar-refractivity contribution in [3.63, 3.8) is 0 Å². The molecule has 4 N–H and O–H groups in total. The monoisotopic (exact) mass is 435 g/mol. The van der Waals surface area contributed by atoms with Gasteiger partial charge in [0.2, 0.25) is 5.91 Å². The van der Waals surface area contributed by atoms with E-state index < -0.39 is 0 Å². The molecule has 0 aliphatic carbocycles. The second kappa shape index (κ2) is 13.2. The Hall–Kier alpha value is -2.02. The number of benzene rings is 2.